The predicted octanol–water partition coefficient (Wildman–Crippen LogP) is 3.30. The highest BCUT2D eigenvalue weighted by atomic mass is 32.2. The highest BCUT2D eigenvalue weighted by molar-refractivity contribution is 7.89. The van der Waals surface area contributed by atoms with Crippen LogP contribution >= 0.6 is 0 Å². The fourth-order valence-electron chi connectivity index (χ4n) is 3.47. The molecule has 0 amide bonds. The van der Waals surface area contributed by atoms with E-state index in [1.54, 1.807) is 6.92 Å². The smallest absolute Gasteiger partial charge is 0.211 e. The monoisotopic (exact) mass is 346 g/mol. The molecule has 2 aromatic rings. The number of nitrogens with zero attached hydrogens (tertiary/aromatic N) is 1. The zero-order valence-electron chi connectivity index (χ0n) is 14.4. The van der Waals surface area contributed by atoms with Crippen LogP contribution in [0.5, 0.6) is 0 Å². The van der Waals surface area contributed by atoms with E-state index in [0.717, 1.165) is 25.9 Å². The molecule has 0 aromatic heterocycles. The van der Waals surface area contributed by atoms with Gasteiger partial charge in [-0.25, -0.2) is 13.1 Å². The first-order chi connectivity index (χ1) is 11.5. The Morgan fingerprint density at radius 1 is 1.21 bits per heavy atom. The Kier molecular flexibility index (Phi) is 5.23. The van der Waals surface area contributed by atoms with Crippen molar-refractivity contribution in [2.45, 2.75) is 38.8 Å². The fourth-order valence-corrected chi connectivity index (χ4v) is 4.34. The molecule has 0 radical (unpaired) electrons. The third kappa shape index (κ3) is 3.97. The molecular formula is C19H26N2O2S. The van der Waals surface area contributed by atoms with Crippen molar-refractivity contribution in [1.29, 1.82) is 0 Å². The van der Waals surface area contributed by atoms with E-state index in [0.29, 0.717) is 0 Å². The SMILES string of the molecule is CCS(=O)(=O)N[C@H]1CCCN([C@H](C)c2ccc3ccccc3c2)C1. The number of rotatable bonds is 5. The molecule has 1 heterocycles. The summed E-state index contributed by atoms with van der Waals surface area (Å²) in [5.41, 5.74) is 1.28. The molecule has 0 spiro atoms. The largest absolute Gasteiger partial charge is 0.295 e. The lowest BCUT2D eigenvalue weighted by atomic mass is 9.98. The number of hydrogen-bond acceptors (Lipinski definition) is 3. The molecule has 1 aliphatic rings. The van der Waals surface area contributed by atoms with Crippen molar-refractivity contribution >= 4 is 20.8 Å². The third-order valence-electron chi connectivity index (χ3n) is 4.98. The number of benzene rings is 2. The number of nitrogens with one attached hydrogen (secondary N) is 1. The van der Waals surface area contributed by atoms with Gasteiger partial charge in [0.25, 0.3) is 0 Å². The van der Waals surface area contributed by atoms with Crippen LogP contribution in [0.4, 0.5) is 0 Å². The minimum Gasteiger partial charge on any atom is -0.295 e. The van der Waals surface area contributed by atoms with Crippen LogP contribution in [-0.4, -0.2) is 38.2 Å². The minimum absolute atomic E-state index is 0.0200. The van der Waals surface area contributed by atoms with Gasteiger partial charge in [0.2, 0.25) is 10.0 Å². The lowest BCUT2D eigenvalue weighted by molar-refractivity contribution is 0.154. The van der Waals surface area contributed by atoms with Crippen molar-refractivity contribution in [3.05, 3.63) is 48.0 Å². The van der Waals surface area contributed by atoms with Crippen LogP contribution in [0.25, 0.3) is 10.8 Å². The fraction of sp³-hybridized carbons (Fsp3) is 0.474. The van der Waals surface area contributed by atoms with Gasteiger partial charge in [-0.15, -0.1) is 0 Å². The van der Waals surface area contributed by atoms with Crippen LogP contribution in [0.2, 0.25) is 0 Å². The van der Waals surface area contributed by atoms with Gasteiger partial charge < -0.3 is 0 Å². The van der Waals surface area contributed by atoms with Crippen LogP contribution < -0.4 is 4.72 Å². The molecule has 1 aliphatic heterocycles. The molecule has 1 N–H and O–H groups in total. The van der Waals surface area contributed by atoms with Gasteiger partial charge in [-0.05, 0) is 55.6 Å². The third-order valence-corrected chi connectivity index (χ3v) is 6.44. The van der Waals surface area contributed by atoms with Gasteiger partial charge in [-0.1, -0.05) is 36.4 Å². The summed E-state index contributed by atoms with van der Waals surface area (Å²) >= 11 is 0. The average Bonchev–Trinajstić information content (AvgIpc) is 2.60. The molecule has 1 fully saturated rings. The standard InChI is InChI=1S/C19H26N2O2S/c1-3-24(22,23)20-19-9-6-12-21(14-19)15(2)17-11-10-16-7-4-5-8-18(16)13-17/h4-5,7-8,10-11,13,15,19-20H,3,6,9,12,14H2,1-2H3/t15-,19+/m1/s1. The zero-order valence-corrected chi connectivity index (χ0v) is 15.2. The first kappa shape index (κ1) is 17.4. The van der Waals surface area contributed by atoms with Crippen molar-refractivity contribution in [2.75, 3.05) is 18.8 Å². The Morgan fingerprint density at radius 2 is 1.96 bits per heavy atom. The summed E-state index contributed by atoms with van der Waals surface area (Å²) in [6.45, 7) is 5.67. The predicted molar refractivity (Wildman–Crippen MR) is 99.6 cm³/mol. The molecular weight excluding hydrogens is 320 g/mol. The molecule has 0 saturated carbocycles. The number of sulfonamides is 1. The average molecular weight is 346 g/mol. The van der Waals surface area contributed by atoms with E-state index in [1.807, 2.05) is 0 Å². The molecule has 1 saturated heterocycles. The van der Waals surface area contributed by atoms with E-state index in [4.69, 9.17) is 0 Å². The lowest BCUT2D eigenvalue weighted by Gasteiger charge is -2.37. The Balaban J connectivity index is 1.74. The first-order valence-corrected chi connectivity index (χ1v) is 10.4. The summed E-state index contributed by atoms with van der Waals surface area (Å²) in [7, 11) is -3.14. The topological polar surface area (TPSA) is 49.4 Å². The van der Waals surface area contributed by atoms with Crippen molar-refractivity contribution in [2.24, 2.45) is 0 Å². The first-order valence-electron chi connectivity index (χ1n) is 8.71. The number of likely N-dealkylation sites (tertiary alicyclic amines) is 1. The van der Waals surface area contributed by atoms with E-state index < -0.39 is 10.0 Å². The minimum atomic E-state index is -3.14. The molecule has 3 rings (SSSR count). The number of hydrogen-bond donors (Lipinski definition) is 1. The molecule has 130 valence electrons. The summed E-state index contributed by atoms with van der Waals surface area (Å²) in [6.07, 6.45) is 1.94. The normalized spacial score (nSPS) is 21.0. The molecule has 2 aromatic carbocycles. The van der Waals surface area contributed by atoms with Crippen LogP contribution in [0.15, 0.2) is 42.5 Å². The van der Waals surface area contributed by atoms with Crippen molar-refractivity contribution < 1.29 is 8.42 Å². The number of piperidine rings is 1. The van der Waals surface area contributed by atoms with Gasteiger partial charge in [0.1, 0.15) is 0 Å². The van der Waals surface area contributed by atoms with Crippen LogP contribution in [0, 0.1) is 0 Å². The molecule has 0 bridgehead atoms. The Bertz CT molecular complexity index is 804. The molecule has 0 unspecified atom stereocenters. The molecule has 0 aliphatic carbocycles. The molecule has 5 heteroatoms. The van der Waals surface area contributed by atoms with Gasteiger partial charge in [0.15, 0.2) is 0 Å². The maximum absolute atomic E-state index is 11.8. The second kappa shape index (κ2) is 7.21. The second-order valence-corrected chi connectivity index (χ2v) is 8.68. The second-order valence-electron chi connectivity index (χ2n) is 6.64. The maximum Gasteiger partial charge on any atom is 0.211 e. The van der Waals surface area contributed by atoms with Gasteiger partial charge >= 0.3 is 0 Å². The van der Waals surface area contributed by atoms with E-state index in [-0.39, 0.29) is 17.8 Å². The maximum atomic E-state index is 11.8. The summed E-state index contributed by atoms with van der Waals surface area (Å²) in [6, 6.07) is 15.3. The van der Waals surface area contributed by atoms with E-state index in [1.165, 1.54) is 16.3 Å². The van der Waals surface area contributed by atoms with Crippen molar-refractivity contribution in [1.82, 2.24) is 9.62 Å². The van der Waals surface area contributed by atoms with Crippen LogP contribution in [-0.2, 0) is 10.0 Å². The van der Waals surface area contributed by atoms with Crippen LogP contribution in [0.3, 0.4) is 0 Å². The van der Waals surface area contributed by atoms with Gasteiger partial charge in [0, 0.05) is 18.6 Å². The quantitative estimate of drug-likeness (QED) is 0.904. The number of fused-ring (bicyclic) bond motifs is 1. The Hall–Kier alpha value is -1.43. The highest BCUT2D eigenvalue weighted by Crippen LogP contribution is 2.27. The van der Waals surface area contributed by atoms with E-state index >= 15 is 0 Å². The lowest BCUT2D eigenvalue weighted by Crippen LogP contribution is -2.48. The van der Waals surface area contributed by atoms with E-state index in [9.17, 15) is 8.42 Å². The summed E-state index contributed by atoms with van der Waals surface area (Å²) in [5.74, 6) is 0.143. The summed E-state index contributed by atoms with van der Waals surface area (Å²) < 4.78 is 26.5. The summed E-state index contributed by atoms with van der Waals surface area (Å²) in [4.78, 5) is 2.39. The van der Waals surface area contributed by atoms with Gasteiger partial charge in [0.05, 0.1) is 5.75 Å². The van der Waals surface area contributed by atoms with E-state index in [2.05, 4.69) is 59.0 Å². The van der Waals surface area contributed by atoms with Gasteiger partial charge in [-0.2, -0.15) is 0 Å². The molecule has 2 atom stereocenters. The van der Waals surface area contributed by atoms with Crippen LogP contribution in [0.1, 0.15) is 38.3 Å². The van der Waals surface area contributed by atoms with Crippen molar-refractivity contribution in [3.63, 3.8) is 0 Å². The van der Waals surface area contributed by atoms with Crippen molar-refractivity contribution in [3.8, 4) is 0 Å². The van der Waals surface area contributed by atoms with Gasteiger partial charge in [-0.3, -0.25) is 4.90 Å². The molecule has 24 heavy (non-hydrogen) atoms. The highest BCUT2D eigenvalue weighted by Gasteiger charge is 2.26. The Labute approximate surface area is 144 Å². The summed E-state index contributed by atoms with van der Waals surface area (Å²) in [5, 5.41) is 2.50. The molecule has 4 nitrogen and oxygen atoms in total. The zero-order chi connectivity index (χ0) is 17.2. The Morgan fingerprint density at radius 3 is 2.71 bits per heavy atom.